The number of aromatic nitrogens is 1. The molecule has 1 aromatic heterocycles. The van der Waals surface area contributed by atoms with Crippen molar-refractivity contribution in [2.75, 3.05) is 12.4 Å². The molecule has 0 saturated heterocycles. The quantitative estimate of drug-likeness (QED) is 0.436. The van der Waals surface area contributed by atoms with E-state index < -0.39 is 17.7 Å². The predicted octanol–water partition coefficient (Wildman–Crippen LogP) is 3.38. The number of nitrogens with one attached hydrogen (secondary N) is 3. The summed E-state index contributed by atoms with van der Waals surface area (Å²) in [6, 6.07) is 13.7. The minimum Gasteiger partial charge on any atom is -0.385 e. The number of carbonyl (C=O) groups is 2. The van der Waals surface area contributed by atoms with Gasteiger partial charge >= 0.3 is 6.03 Å². The standard InChI is InChI=1S/C24H22N4O3S/c1-3-20-26-19(14-32-20)27-23(30)28-21(22(29)25-2)16-9-7-15(8-10-16)17-5-4-6-18(13-17)24(31)11-12-24/h1,4-10,13-14,21,31H,11-12H2,2H3,(H,25,29)(H2,27,28,30)/t21-/m1/s1. The first-order chi connectivity index (χ1) is 15.4. The van der Waals surface area contributed by atoms with E-state index in [1.807, 2.05) is 36.4 Å². The Bertz CT molecular complexity index is 1190. The summed E-state index contributed by atoms with van der Waals surface area (Å²) >= 11 is 1.24. The summed E-state index contributed by atoms with van der Waals surface area (Å²) < 4.78 is 0. The number of rotatable bonds is 6. The van der Waals surface area contributed by atoms with Crippen molar-refractivity contribution < 1.29 is 14.7 Å². The molecule has 0 radical (unpaired) electrons. The number of likely N-dealkylation sites (N-methyl/N-ethyl adjacent to an activating group) is 1. The molecule has 8 heteroatoms. The second-order valence-corrected chi connectivity index (χ2v) is 8.42. The minimum atomic E-state index is -0.890. The monoisotopic (exact) mass is 446 g/mol. The SMILES string of the molecule is C#Cc1nc(NC(=O)N[C@@H](C(=O)NC)c2ccc(-c3cccc(C4(O)CC4)c3)cc2)cs1. The molecule has 1 aliphatic carbocycles. The van der Waals surface area contributed by atoms with Crippen LogP contribution in [0.25, 0.3) is 11.1 Å². The Morgan fingerprint density at radius 3 is 2.56 bits per heavy atom. The smallest absolute Gasteiger partial charge is 0.321 e. The third-order valence-electron chi connectivity index (χ3n) is 5.35. The first-order valence-corrected chi connectivity index (χ1v) is 10.9. The minimum absolute atomic E-state index is 0.323. The summed E-state index contributed by atoms with van der Waals surface area (Å²) in [4.78, 5) is 29.0. The molecule has 4 rings (SSSR count). The van der Waals surface area contributed by atoms with E-state index in [1.165, 1.54) is 18.4 Å². The van der Waals surface area contributed by atoms with Crippen LogP contribution in [0.5, 0.6) is 0 Å². The van der Waals surface area contributed by atoms with Gasteiger partial charge in [0.1, 0.15) is 11.9 Å². The van der Waals surface area contributed by atoms with E-state index >= 15 is 0 Å². The molecule has 0 aliphatic heterocycles. The number of nitrogens with zero attached hydrogens (tertiary/aromatic N) is 1. The van der Waals surface area contributed by atoms with Crippen molar-refractivity contribution in [2.45, 2.75) is 24.5 Å². The molecule has 7 nitrogen and oxygen atoms in total. The largest absolute Gasteiger partial charge is 0.385 e. The second-order valence-electron chi connectivity index (χ2n) is 7.56. The Kier molecular flexibility index (Phi) is 5.95. The van der Waals surface area contributed by atoms with Crippen molar-refractivity contribution in [3.8, 4) is 23.5 Å². The van der Waals surface area contributed by atoms with E-state index in [9.17, 15) is 14.7 Å². The van der Waals surface area contributed by atoms with Gasteiger partial charge in [-0.25, -0.2) is 9.78 Å². The van der Waals surface area contributed by atoms with Gasteiger partial charge in [-0.15, -0.1) is 17.8 Å². The number of amides is 3. The molecule has 0 spiro atoms. The van der Waals surface area contributed by atoms with Gasteiger partial charge in [-0.2, -0.15) is 0 Å². The molecular formula is C24H22N4O3S. The molecule has 4 N–H and O–H groups in total. The molecule has 2 aromatic carbocycles. The van der Waals surface area contributed by atoms with Gasteiger partial charge in [-0.3, -0.25) is 10.1 Å². The lowest BCUT2D eigenvalue weighted by Gasteiger charge is -2.18. The highest BCUT2D eigenvalue weighted by atomic mass is 32.1. The van der Waals surface area contributed by atoms with E-state index in [2.05, 4.69) is 26.9 Å². The molecule has 32 heavy (non-hydrogen) atoms. The van der Waals surface area contributed by atoms with Crippen LogP contribution in [-0.2, 0) is 10.4 Å². The van der Waals surface area contributed by atoms with Crippen LogP contribution < -0.4 is 16.0 Å². The van der Waals surface area contributed by atoms with Crippen molar-refractivity contribution in [3.05, 3.63) is 70.0 Å². The second kappa shape index (κ2) is 8.83. The molecule has 1 saturated carbocycles. The molecule has 3 aromatic rings. The maximum Gasteiger partial charge on any atom is 0.321 e. The van der Waals surface area contributed by atoms with Crippen molar-refractivity contribution in [1.29, 1.82) is 0 Å². The topological polar surface area (TPSA) is 103 Å². The van der Waals surface area contributed by atoms with Gasteiger partial charge in [0.15, 0.2) is 5.01 Å². The van der Waals surface area contributed by atoms with Crippen molar-refractivity contribution in [3.63, 3.8) is 0 Å². The summed E-state index contributed by atoms with van der Waals surface area (Å²) in [7, 11) is 1.51. The van der Waals surface area contributed by atoms with Gasteiger partial charge in [0.05, 0.1) is 5.60 Å². The van der Waals surface area contributed by atoms with Gasteiger partial charge in [-0.1, -0.05) is 42.5 Å². The van der Waals surface area contributed by atoms with E-state index in [4.69, 9.17) is 6.42 Å². The number of anilines is 1. The lowest BCUT2D eigenvalue weighted by molar-refractivity contribution is -0.122. The maximum absolute atomic E-state index is 12.4. The Hall–Kier alpha value is -3.67. The number of urea groups is 1. The summed E-state index contributed by atoms with van der Waals surface area (Å²) in [5.41, 5.74) is 2.77. The molecular weight excluding hydrogens is 424 g/mol. The average molecular weight is 447 g/mol. The number of carbonyl (C=O) groups excluding carboxylic acids is 2. The number of benzene rings is 2. The fraction of sp³-hybridized carbons (Fsp3) is 0.208. The van der Waals surface area contributed by atoms with Gasteiger partial charge in [0, 0.05) is 12.4 Å². The highest BCUT2D eigenvalue weighted by molar-refractivity contribution is 7.10. The highest BCUT2D eigenvalue weighted by Gasteiger charge is 2.42. The van der Waals surface area contributed by atoms with Crippen LogP contribution in [0.15, 0.2) is 53.9 Å². The first-order valence-electron chi connectivity index (χ1n) is 10.1. The number of hydrogen-bond acceptors (Lipinski definition) is 5. The highest BCUT2D eigenvalue weighted by Crippen LogP contribution is 2.45. The molecule has 3 amide bonds. The Morgan fingerprint density at radius 1 is 1.19 bits per heavy atom. The summed E-state index contributed by atoms with van der Waals surface area (Å²) in [6.07, 6.45) is 6.86. The fourth-order valence-corrected chi connectivity index (χ4v) is 3.94. The lowest BCUT2D eigenvalue weighted by Crippen LogP contribution is -2.41. The maximum atomic E-state index is 12.4. The van der Waals surface area contributed by atoms with E-state index in [0.717, 1.165) is 29.5 Å². The molecule has 0 unspecified atom stereocenters. The molecule has 0 bridgehead atoms. The summed E-state index contributed by atoms with van der Waals surface area (Å²) in [6.45, 7) is 0. The zero-order valence-electron chi connectivity index (χ0n) is 17.4. The van der Waals surface area contributed by atoms with Crippen molar-refractivity contribution in [2.24, 2.45) is 0 Å². The van der Waals surface area contributed by atoms with Crippen LogP contribution in [0.1, 0.15) is 35.0 Å². The van der Waals surface area contributed by atoms with Crippen LogP contribution >= 0.6 is 11.3 Å². The molecule has 1 fully saturated rings. The van der Waals surface area contributed by atoms with Crippen LogP contribution in [0.3, 0.4) is 0 Å². The Balaban J connectivity index is 1.50. The van der Waals surface area contributed by atoms with E-state index in [-0.39, 0.29) is 5.91 Å². The normalized spacial score (nSPS) is 14.7. The number of thiazole rings is 1. The number of aliphatic hydroxyl groups is 1. The van der Waals surface area contributed by atoms with E-state index in [0.29, 0.717) is 16.4 Å². The average Bonchev–Trinajstić information content (AvgIpc) is 3.42. The van der Waals surface area contributed by atoms with Crippen LogP contribution in [0.4, 0.5) is 10.6 Å². The summed E-state index contributed by atoms with van der Waals surface area (Å²) in [5.74, 6) is 2.38. The number of hydrogen-bond donors (Lipinski definition) is 4. The molecule has 162 valence electrons. The van der Waals surface area contributed by atoms with Gasteiger partial charge in [0.2, 0.25) is 5.91 Å². The number of terminal acetylenes is 1. The molecule has 1 heterocycles. The fourth-order valence-electron chi connectivity index (χ4n) is 3.39. The van der Waals surface area contributed by atoms with Crippen molar-refractivity contribution in [1.82, 2.24) is 15.6 Å². The van der Waals surface area contributed by atoms with Crippen LogP contribution in [0, 0.1) is 12.3 Å². The molecule has 1 aliphatic rings. The first kappa shape index (κ1) is 21.6. The van der Waals surface area contributed by atoms with Crippen LogP contribution in [0.2, 0.25) is 0 Å². The third kappa shape index (κ3) is 4.64. The predicted molar refractivity (Wildman–Crippen MR) is 124 cm³/mol. The summed E-state index contributed by atoms with van der Waals surface area (Å²) in [5, 5.41) is 20.3. The lowest BCUT2D eigenvalue weighted by atomic mass is 9.97. The van der Waals surface area contributed by atoms with Gasteiger partial charge < -0.3 is 15.7 Å². The van der Waals surface area contributed by atoms with Gasteiger partial charge in [-0.05, 0) is 47.1 Å². The third-order valence-corrected chi connectivity index (χ3v) is 6.13. The van der Waals surface area contributed by atoms with Gasteiger partial charge in [0.25, 0.3) is 0 Å². The molecule has 1 atom stereocenters. The van der Waals surface area contributed by atoms with Crippen molar-refractivity contribution >= 4 is 29.1 Å². The zero-order valence-corrected chi connectivity index (χ0v) is 18.2. The Labute approximate surface area is 189 Å². The zero-order chi connectivity index (χ0) is 22.7. The van der Waals surface area contributed by atoms with E-state index in [1.54, 1.807) is 17.5 Å². The van der Waals surface area contributed by atoms with Crippen LogP contribution in [-0.4, -0.2) is 29.1 Å². The Morgan fingerprint density at radius 2 is 1.94 bits per heavy atom.